The Morgan fingerprint density at radius 2 is 2.41 bits per heavy atom. The van der Waals surface area contributed by atoms with Gasteiger partial charge in [-0.15, -0.1) is 10.2 Å². The zero-order valence-corrected chi connectivity index (χ0v) is 9.68. The molecule has 0 saturated carbocycles. The molecule has 92 valence electrons. The Hall–Kier alpha value is -1.69. The molecule has 2 rings (SSSR count). The molecule has 1 fully saturated rings. The largest absolute Gasteiger partial charge is 0.476 e. The number of nitrogens with one attached hydrogen (secondary N) is 1. The first-order chi connectivity index (χ1) is 8.29. The van der Waals surface area contributed by atoms with E-state index in [1.54, 1.807) is 12.1 Å². The van der Waals surface area contributed by atoms with E-state index in [0.29, 0.717) is 18.4 Å². The van der Waals surface area contributed by atoms with E-state index in [2.05, 4.69) is 20.3 Å². The molecule has 0 aromatic carbocycles. The van der Waals surface area contributed by atoms with Gasteiger partial charge in [0.15, 0.2) is 5.69 Å². The van der Waals surface area contributed by atoms with Crippen molar-refractivity contribution in [1.29, 1.82) is 0 Å². The first-order valence-corrected chi connectivity index (χ1v) is 5.55. The van der Waals surface area contributed by atoms with Crippen LogP contribution in [0.25, 0.3) is 0 Å². The van der Waals surface area contributed by atoms with Crippen molar-refractivity contribution in [1.82, 2.24) is 15.5 Å². The van der Waals surface area contributed by atoms with Crippen molar-refractivity contribution >= 4 is 5.97 Å². The number of hydrogen-bond donors (Lipinski definition) is 1. The van der Waals surface area contributed by atoms with Gasteiger partial charge in [0.25, 0.3) is 0 Å². The topological polar surface area (TPSA) is 73.3 Å². The number of carbonyl (C=O) groups excluding carboxylic acids is 1. The lowest BCUT2D eigenvalue weighted by molar-refractivity contribution is 0.0592. The zero-order chi connectivity index (χ0) is 12.1. The molecule has 17 heavy (non-hydrogen) atoms. The maximum Gasteiger partial charge on any atom is 0.358 e. The Morgan fingerprint density at radius 3 is 3.00 bits per heavy atom. The molecule has 0 radical (unpaired) electrons. The molecule has 6 nitrogen and oxygen atoms in total. The Kier molecular flexibility index (Phi) is 3.87. The van der Waals surface area contributed by atoms with Gasteiger partial charge in [-0.3, -0.25) is 0 Å². The van der Waals surface area contributed by atoms with Gasteiger partial charge in [-0.1, -0.05) is 0 Å². The molecule has 1 aromatic rings. The third kappa shape index (κ3) is 3.13. The van der Waals surface area contributed by atoms with Crippen LogP contribution in [0.4, 0.5) is 0 Å². The molecule has 1 aliphatic rings. The fourth-order valence-electron chi connectivity index (χ4n) is 1.67. The number of methoxy groups -OCH3 is 1. The third-order valence-corrected chi connectivity index (χ3v) is 2.66. The van der Waals surface area contributed by atoms with Crippen LogP contribution < -0.4 is 10.1 Å². The van der Waals surface area contributed by atoms with Crippen LogP contribution >= 0.6 is 0 Å². The number of rotatable bonds is 4. The van der Waals surface area contributed by atoms with Crippen LogP contribution in [0.5, 0.6) is 5.88 Å². The average Bonchev–Trinajstić information content (AvgIpc) is 2.89. The fourth-order valence-corrected chi connectivity index (χ4v) is 1.67. The zero-order valence-electron chi connectivity index (χ0n) is 9.68. The quantitative estimate of drug-likeness (QED) is 0.757. The number of hydrogen-bond acceptors (Lipinski definition) is 6. The third-order valence-electron chi connectivity index (χ3n) is 2.66. The minimum Gasteiger partial charge on any atom is -0.476 e. The van der Waals surface area contributed by atoms with Gasteiger partial charge >= 0.3 is 5.97 Å². The Bertz CT molecular complexity index is 374. The smallest absolute Gasteiger partial charge is 0.358 e. The molecular formula is C11H15N3O3. The van der Waals surface area contributed by atoms with E-state index in [1.165, 1.54) is 7.11 Å². The molecule has 1 atom stereocenters. The lowest BCUT2D eigenvalue weighted by Gasteiger charge is -2.09. The number of ether oxygens (including phenoxy) is 2. The van der Waals surface area contributed by atoms with Crippen molar-refractivity contribution in [3.8, 4) is 5.88 Å². The number of esters is 1. The Morgan fingerprint density at radius 1 is 1.53 bits per heavy atom. The molecule has 1 aromatic heterocycles. The maximum atomic E-state index is 11.1. The Balaban J connectivity index is 1.87. The van der Waals surface area contributed by atoms with Gasteiger partial charge in [0.05, 0.1) is 13.7 Å². The molecule has 1 saturated heterocycles. The first-order valence-electron chi connectivity index (χ1n) is 5.55. The molecule has 2 heterocycles. The van der Waals surface area contributed by atoms with E-state index < -0.39 is 5.97 Å². The summed E-state index contributed by atoms with van der Waals surface area (Å²) in [5.41, 5.74) is 0.183. The van der Waals surface area contributed by atoms with Crippen molar-refractivity contribution in [3.63, 3.8) is 0 Å². The van der Waals surface area contributed by atoms with E-state index in [1.807, 2.05) is 0 Å². The monoisotopic (exact) mass is 237 g/mol. The highest BCUT2D eigenvalue weighted by atomic mass is 16.5. The van der Waals surface area contributed by atoms with Gasteiger partial charge in [0.1, 0.15) is 0 Å². The minimum absolute atomic E-state index is 0.183. The highest BCUT2D eigenvalue weighted by Crippen LogP contribution is 2.11. The minimum atomic E-state index is -0.496. The second-order valence-electron chi connectivity index (χ2n) is 3.92. The molecule has 0 bridgehead atoms. The molecule has 1 N–H and O–H groups in total. The van der Waals surface area contributed by atoms with Crippen LogP contribution in [-0.4, -0.2) is 43.0 Å². The molecule has 0 amide bonds. The molecule has 6 heteroatoms. The number of carbonyl (C=O) groups is 1. The van der Waals surface area contributed by atoms with Crippen molar-refractivity contribution in [2.24, 2.45) is 5.92 Å². The molecule has 1 unspecified atom stereocenters. The highest BCUT2D eigenvalue weighted by molar-refractivity contribution is 5.86. The van der Waals surface area contributed by atoms with Crippen LogP contribution in [0.2, 0.25) is 0 Å². The van der Waals surface area contributed by atoms with E-state index in [-0.39, 0.29) is 5.69 Å². The van der Waals surface area contributed by atoms with Gasteiger partial charge in [-0.25, -0.2) is 4.79 Å². The highest BCUT2D eigenvalue weighted by Gasteiger charge is 2.15. The second kappa shape index (κ2) is 5.58. The fraction of sp³-hybridized carbons (Fsp3) is 0.545. The molecule has 0 aliphatic carbocycles. The lowest BCUT2D eigenvalue weighted by Crippen LogP contribution is -2.16. The van der Waals surface area contributed by atoms with Crippen LogP contribution in [0.1, 0.15) is 16.9 Å². The SMILES string of the molecule is COC(=O)c1ccc(OCC2CCNC2)nn1. The lowest BCUT2D eigenvalue weighted by atomic mass is 10.1. The van der Waals surface area contributed by atoms with Crippen LogP contribution in [0.15, 0.2) is 12.1 Å². The summed E-state index contributed by atoms with van der Waals surface area (Å²) in [4.78, 5) is 11.1. The van der Waals surface area contributed by atoms with Gasteiger partial charge in [0.2, 0.25) is 5.88 Å². The standard InChI is InChI=1S/C11H15N3O3/c1-16-11(15)9-2-3-10(14-13-9)17-7-8-4-5-12-6-8/h2-3,8,12H,4-7H2,1H3. The average molecular weight is 237 g/mol. The van der Waals surface area contributed by atoms with Gasteiger partial charge in [0, 0.05) is 18.5 Å². The van der Waals surface area contributed by atoms with Crippen molar-refractivity contribution < 1.29 is 14.3 Å². The van der Waals surface area contributed by atoms with Gasteiger partial charge < -0.3 is 14.8 Å². The summed E-state index contributed by atoms with van der Waals surface area (Å²) in [6.45, 7) is 2.65. The summed E-state index contributed by atoms with van der Waals surface area (Å²) < 4.78 is 10.0. The number of nitrogens with zero attached hydrogens (tertiary/aromatic N) is 2. The van der Waals surface area contributed by atoms with Crippen molar-refractivity contribution in [3.05, 3.63) is 17.8 Å². The molecular weight excluding hydrogens is 222 g/mol. The van der Waals surface area contributed by atoms with Crippen LogP contribution in [-0.2, 0) is 4.74 Å². The summed E-state index contributed by atoms with van der Waals surface area (Å²) in [6.07, 6.45) is 1.12. The van der Waals surface area contributed by atoms with E-state index >= 15 is 0 Å². The Labute approximate surface area is 99.3 Å². The summed E-state index contributed by atoms with van der Waals surface area (Å²) in [5, 5.41) is 10.8. The van der Waals surface area contributed by atoms with E-state index in [4.69, 9.17) is 4.74 Å². The van der Waals surface area contributed by atoms with Gasteiger partial charge in [-0.2, -0.15) is 0 Å². The van der Waals surface area contributed by atoms with E-state index in [9.17, 15) is 4.79 Å². The predicted octanol–water partition coefficient (Wildman–Crippen LogP) is 0.251. The van der Waals surface area contributed by atoms with Crippen molar-refractivity contribution in [2.75, 3.05) is 26.8 Å². The predicted molar refractivity (Wildman–Crippen MR) is 59.8 cm³/mol. The van der Waals surface area contributed by atoms with Crippen LogP contribution in [0.3, 0.4) is 0 Å². The van der Waals surface area contributed by atoms with Crippen LogP contribution in [0, 0.1) is 5.92 Å². The first kappa shape index (κ1) is 11.8. The van der Waals surface area contributed by atoms with Crippen molar-refractivity contribution in [2.45, 2.75) is 6.42 Å². The normalized spacial score (nSPS) is 19.0. The summed E-state index contributed by atoms with van der Waals surface area (Å²) >= 11 is 0. The van der Waals surface area contributed by atoms with Gasteiger partial charge in [-0.05, 0) is 19.0 Å². The summed E-state index contributed by atoms with van der Waals surface area (Å²) in [7, 11) is 1.31. The summed E-state index contributed by atoms with van der Waals surface area (Å²) in [5.74, 6) is 0.464. The second-order valence-corrected chi connectivity index (χ2v) is 3.92. The number of aromatic nitrogens is 2. The molecule has 1 aliphatic heterocycles. The summed E-state index contributed by atoms with van der Waals surface area (Å²) in [6, 6.07) is 3.17. The molecule has 0 spiro atoms. The maximum absolute atomic E-state index is 11.1. The van der Waals surface area contributed by atoms with E-state index in [0.717, 1.165) is 19.5 Å².